The summed E-state index contributed by atoms with van der Waals surface area (Å²) >= 11 is 0. The van der Waals surface area contributed by atoms with Crippen LogP contribution in [0.25, 0.3) is 0 Å². The molecule has 0 aromatic carbocycles. The second-order valence-electron chi connectivity index (χ2n) is 2.47. The van der Waals surface area contributed by atoms with Gasteiger partial charge in [0.25, 0.3) is 0 Å². The Morgan fingerprint density at radius 1 is 1.54 bits per heavy atom. The maximum Gasteiger partial charge on any atom is 0.174 e. The molecule has 0 saturated heterocycles. The fraction of sp³-hybridized carbons (Fsp3) is 0.333. The molecule has 0 radical (unpaired) electrons. The number of hydrogen-bond acceptors (Lipinski definition) is 4. The van der Waals surface area contributed by atoms with Crippen LogP contribution in [-0.2, 0) is 6.42 Å². The Morgan fingerprint density at radius 2 is 2.38 bits per heavy atom. The van der Waals surface area contributed by atoms with Crippen LogP contribution < -0.4 is 10.5 Å². The summed E-state index contributed by atoms with van der Waals surface area (Å²) in [6.45, 7) is 0.642. The average molecular weight is 177 g/mol. The quantitative estimate of drug-likeness (QED) is 0.726. The number of ether oxygens (including phenoxy) is 1. The van der Waals surface area contributed by atoms with E-state index < -0.39 is 0 Å². The Morgan fingerprint density at radius 3 is 2.92 bits per heavy atom. The van der Waals surface area contributed by atoms with Crippen molar-refractivity contribution in [3.05, 3.63) is 24.0 Å². The van der Waals surface area contributed by atoms with E-state index in [-0.39, 0.29) is 6.61 Å². The maximum absolute atomic E-state index is 8.25. The molecule has 0 spiro atoms. The van der Waals surface area contributed by atoms with Gasteiger partial charge >= 0.3 is 0 Å². The molecule has 0 unspecified atom stereocenters. The van der Waals surface area contributed by atoms with E-state index >= 15 is 0 Å². The molecule has 68 valence electrons. The predicted molar refractivity (Wildman–Crippen MR) is 48.1 cm³/mol. The molecule has 0 aliphatic heterocycles. The van der Waals surface area contributed by atoms with Gasteiger partial charge in [-0.05, 0) is 18.7 Å². The van der Waals surface area contributed by atoms with Gasteiger partial charge in [-0.2, -0.15) is 5.26 Å². The largest absolute Gasteiger partial charge is 0.477 e. The normalized spacial score (nSPS) is 9.23. The van der Waals surface area contributed by atoms with E-state index in [0.29, 0.717) is 12.3 Å². The van der Waals surface area contributed by atoms with Crippen LogP contribution in [0.15, 0.2) is 18.3 Å². The van der Waals surface area contributed by atoms with Crippen molar-refractivity contribution in [2.75, 3.05) is 13.2 Å². The van der Waals surface area contributed by atoms with E-state index in [1.54, 1.807) is 12.3 Å². The first-order chi connectivity index (χ1) is 6.36. The lowest BCUT2D eigenvalue weighted by Crippen LogP contribution is -2.04. The minimum absolute atomic E-state index is 0.0535. The van der Waals surface area contributed by atoms with Crippen molar-refractivity contribution in [3.8, 4) is 11.8 Å². The van der Waals surface area contributed by atoms with E-state index in [9.17, 15) is 0 Å². The molecule has 0 aliphatic carbocycles. The molecule has 0 aliphatic rings. The van der Waals surface area contributed by atoms with Gasteiger partial charge in [-0.3, -0.25) is 4.98 Å². The number of nitriles is 1. The summed E-state index contributed by atoms with van der Waals surface area (Å²) in [6.07, 6.45) is 2.36. The number of pyridine rings is 1. The Bertz CT molecular complexity index is 289. The third-order valence-electron chi connectivity index (χ3n) is 1.50. The summed E-state index contributed by atoms with van der Waals surface area (Å²) in [5.41, 5.74) is 6.30. The summed E-state index contributed by atoms with van der Waals surface area (Å²) in [4.78, 5) is 4.11. The zero-order chi connectivity index (χ0) is 9.52. The van der Waals surface area contributed by atoms with Crippen LogP contribution in [0.3, 0.4) is 0 Å². The van der Waals surface area contributed by atoms with Crippen LogP contribution in [0, 0.1) is 11.3 Å². The van der Waals surface area contributed by atoms with E-state index in [1.165, 1.54) is 0 Å². The SMILES string of the molecule is N#CCOc1ccc(CCN)nc1. The number of nitrogens with zero attached hydrogens (tertiary/aromatic N) is 2. The lowest BCUT2D eigenvalue weighted by molar-refractivity contribution is 0.366. The highest BCUT2D eigenvalue weighted by atomic mass is 16.5. The molecule has 1 heterocycles. The van der Waals surface area contributed by atoms with Gasteiger partial charge in [0.1, 0.15) is 11.8 Å². The van der Waals surface area contributed by atoms with Gasteiger partial charge in [-0.1, -0.05) is 0 Å². The highest BCUT2D eigenvalue weighted by Crippen LogP contribution is 2.08. The average Bonchev–Trinajstić information content (AvgIpc) is 2.17. The van der Waals surface area contributed by atoms with Crippen LogP contribution in [-0.4, -0.2) is 18.1 Å². The molecule has 1 rings (SSSR count). The third kappa shape index (κ3) is 3.09. The van der Waals surface area contributed by atoms with Crippen molar-refractivity contribution in [2.45, 2.75) is 6.42 Å². The topological polar surface area (TPSA) is 71.9 Å². The first-order valence-electron chi connectivity index (χ1n) is 4.01. The molecule has 0 bridgehead atoms. The van der Waals surface area contributed by atoms with Crippen LogP contribution in [0.4, 0.5) is 0 Å². The zero-order valence-corrected chi connectivity index (χ0v) is 7.23. The third-order valence-corrected chi connectivity index (χ3v) is 1.50. The van der Waals surface area contributed by atoms with Crippen LogP contribution in [0.5, 0.6) is 5.75 Å². The van der Waals surface area contributed by atoms with E-state index in [4.69, 9.17) is 15.7 Å². The Labute approximate surface area is 77.0 Å². The number of nitrogens with two attached hydrogens (primary N) is 1. The second kappa shape index (κ2) is 5.12. The Hall–Kier alpha value is -1.60. The summed E-state index contributed by atoms with van der Waals surface area (Å²) in [5.74, 6) is 0.613. The van der Waals surface area contributed by atoms with Crippen molar-refractivity contribution in [1.29, 1.82) is 5.26 Å². The molecule has 1 aromatic heterocycles. The lowest BCUT2D eigenvalue weighted by Gasteiger charge is -2.01. The summed E-state index contributed by atoms with van der Waals surface area (Å²) in [6, 6.07) is 5.52. The summed E-state index contributed by atoms with van der Waals surface area (Å²) in [7, 11) is 0. The molecule has 4 nitrogen and oxygen atoms in total. The zero-order valence-electron chi connectivity index (χ0n) is 7.23. The van der Waals surface area contributed by atoms with Crippen molar-refractivity contribution in [3.63, 3.8) is 0 Å². The van der Waals surface area contributed by atoms with Gasteiger partial charge in [-0.15, -0.1) is 0 Å². The maximum atomic E-state index is 8.25. The van der Waals surface area contributed by atoms with E-state index in [1.807, 2.05) is 12.1 Å². The van der Waals surface area contributed by atoms with E-state index in [2.05, 4.69) is 4.98 Å². The van der Waals surface area contributed by atoms with Gasteiger partial charge in [0.05, 0.1) is 6.20 Å². The Balaban J connectivity index is 2.54. The van der Waals surface area contributed by atoms with Crippen molar-refractivity contribution in [2.24, 2.45) is 5.73 Å². The smallest absolute Gasteiger partial charge is 0.174 e. The molecule has 13 heavy (non-hydrogen) atoms. The monoisotopic (exact) mass is 177 g/mol. The second-order valence-corrected chi connectivity index (χ2v) is 2.47. The van der Waals surface area contributed by atoms with Crippen LogP contribution >= 0.6 is 0 Å². The molecular weight excluding hydrogens is 166 g/mol. The first-order valence-corrected chi connectivity index (χ1v) is 4.01. The van der Waals surface area contributed by atoms with Gasteiger partial charge in [0.15, 0.2) is 6.61 Å². The molecule has 4 heteroatoms. The Kier molecular flexibility index (Phi) is 3.74. The highest BCUT2D eigenvalue weighted by Gasteiger charge is 1.95. The minimum Gasteiger partial charge on any atom is -0.477 e. The van der Waals surface area contributed by atoms with E-state index in [0.717, 1.165) is 12.1 Å². The molecule has 0 fully saturated rings. The van der Waals surface area contributed by atoms with Gasteiger partial charge in [0.2, 0.25) is 0 Å². The van der Waals surface area contributed by atoms with Gasteiger partial charge in [-0.25, -0.2) is 0 Å². The fourth-order valence-electron chi connectivity index (χ4n) is 0.908. The van der Waals surface area contributed by atoms with Gasteiger partial charge < -0.3 is 10.5 Å². The molecule has 0 atom stereocenters. The number of hydrogen-bond donors (Lipinski definition) is 1. The number of aromatic nitrogens is 1. The van der Waals surface area contributed by atoms with Crippen molar-refractivity contribution < 1.29 is 4.74 Å². The minimum atomic E-state index is 0.0535. The molecule has 0 saturated carbocycles. The van der Waals surface area contributed by atoms with Crippen LogP contribution in [0.2, 0.25) is 0 Å². The van der Waals surface area contributed by atoms with Crippen molar-refractivity contribution in [1.82, 2.24) is 4.98 Å². The summed E-state index contributed by atoms with van der Waals surface area (Å²) in [5, 5.41) is 8.25. The number of rotatable bonds is 4. The first kappa shape index (κ1) is 9.49. The standard InChI is InChI=1S/C9H11N3O/c10-4-3-8-1-2-9(7-12-8)13-6-5-11/h1-2,7H,3-4,6,10H2. The van der Waals surface area contributed by atoms with Crippen molar-refractivity contribution >= 4 is 0 Å². The fourth-order valence-corrected chi connectivity index (χ4v) is 0.908. The van der Waals surface area contributed by atoms with Crippen LogP contribution in [0.1, 0.15) is 5.69 Å². The molecular formula is C9H11N3O. The molecule has 2 N–H and O–H groups in total. The predicted octanol–water partition coefficient (Wildman–Crippen LogP) is 0.485. The summed E-state index contributed by atoms with van der Waals surface area (Å²) < 4.78 is 5.03. The lowest BCUT2D eigenvalue weighted by atomic mass is 10.3. The molecule has 1 aromatic rings. The molecule has 0 amide bonds. The van der Waals surface area contributed by atoms with Gasteiger partial charge in [0, 0.05) is 12.1 Å². The highest BCUT2D eigenvalue weighted by molar-refractivity contribution is 5.20.